The third kappa shape index (κ3) is 4.82. The van der Waals surface area contributed by atoms with E-state index < -0.39 is 15.1 Å². The molecule has 1 aliphatic rings. The van der Waals surface area contributed by atoms with Gasteiger partial charge >= 0.3 is 0 Å². The number of thiazole rings is 1. The van der Waals surface area contributed by atoms with Crippen LogP contribution in [0, 0.1) is 0 Å². The average molecular weight is 479 g/mol. The lowest BCUT2D eigenvalue weighted by molar-refractivity contribution is 0.588. The van der Waals surface area contributed by atoms with Gasteiger partial charge in [0.2, 0.25) is 5.95 Å². The van der Waals surface area contributed by atoms with Gasteiger partial charge in [-0.3, -0.25) is 5.32 Å². The van der Waals surface area contributed by atoms with Crippen LogP contribution >= 0.6 is 22.9 Å². The molecule has 1 aromatic carbocycles. The van der Waals surface area contributed by atoms with Crippen LogP contribution in [0.2, 0.25) is 5.02 Å². The average Bonchev–Trinajstić information content (AvgIpc) is 2.98. The summed E-state index contributed by atoms with van der Waals surface area (Å²) in [5, 5.41) is 10.0. The van der Waals surface area contributed by atoms with Crippen molar-refractivity contribution in [2.45, 2.75) is 36.8 Å². The van der Waals surface area contributed by atoms with Crippen LogP contribution in [-0.2, 0) is 22.7 Å². The van der Waals surface area contributed by atoms with Crippen molar-refractivity contribution >= 4 is 55.4 Å². The van der Waals surface area contributed by atoms with Crippen molar-refractivity contribution < 1.29 is 8.42 Å². The Morgan fingerprint density at radius 3 is 2.71 bits per heavy atom. The monoisotopic (exact) mass is 478 g/mol. The highest BCUT2D eigenvalue weighted by molar-refractivity contribution is 7.92. The van der Waals surface area contributed by atoms with Crippen molar-refractivity contribution in [1.82, 2.24) is 20.3 Å². The maximum Gasteiger partial charge on any atom is 0.231 e. The molecule has 0 bridgehead atoms. The van der Waals surface area contributed by atoms with Crippen molar-refractivity contribution in [3.63, 3.8) is 0 Å². The minimum absolute atomic E-state index is 0.200. The van der Waals surface area contributed by atoms with Gasteiger partial charge in [-0.25, -0.2) is 18.4 Å². The minimum Gasteiger partial charge on any atom is -0.338 e. The number of halogens is 1. The highest BCUT2D eigenvalue weighted by atomic mass is 35.5. The molecule has 0 saturated heterocycles. The second kappa shape index (κ2) is 9.07. The standard InChI is InChI=1S/C20H23ClN6O2S2/c1-12(2)31(28,29)17-6-4-3-5-15(17)24-18-13(21)11-23-19(26-18)27-20-25-14-7-9-22-10-8-16(14)30-20/h3-6,11-12,22H,7-10H2,1-2H3,(H2,23,24,25,26,27). The van der Waals surface area contributed by atoms with E-state index in [2.05, 4.69) is 30.9 Å². The van der Waals surface area contributed by atoms with Gasteiger partial charge in [-0.1, -0.05) is 23.7 Å². The van der Waals surface area contributed by atoms with E-state index in [4.69, 9.17) is 11.6 Å². The molecule has 0 radical (unpaired) electrons. The third-order valence-electron chi connectivity index (χ3n) is 4.88. The molecule has 0 fully saturated rings. The zero-order valence-corrected chi connectivity index (χ0v) is 19.5. The van der Waals surface area contributed by atoms with Crippen molar-refractivity contribution in [2.24, 2.45) is 0 Å². The Labute approximate surface area is 190 Å². The van der Waals surface area contributed by atoms with E-state index in [1.54, 1.807) is 49.4 Å². The number of sulfone groups is 1. The topological polar surface area (TPSA) is 109 Å². The number of nitrogens with zero attached hydrogens (tertiary/aromatic N) is 3. The molecule has 0 amide bonds. The van der Waals surface area contributed by atoms with E-state index in [-0.39, 0.29) is 9.92 Å². The van der Waals surface area contributed by atoms with Crippen LogP contribution in [0.4, 0.5) is 22.6 Å². The number of fused-ring (bicyclic) bond motifs is 1. The van der Waals surface area contributed by atoms with Gasteiger partial charge in [0, 0.05) is 24.4 Å². The Morgan fingerprint density at radius 2 is 1.90 bits per heavy atom. The van der Waals surface area contributed by atoms with Gasteiger partial charge in [-0.2, -0.15) is 4.98 Å². The summed E-state index contributed by atoms with van der Waals surface area (Å²) in [6, 6.07) is 6.71. The van der Waals surface area contributed by atoms with Crippen LogP contribution in [0.15, 0.2) is 35.4 Å². The van der Waals surface area contributed by atoms with Gasteiger partial charge in [0.05, 0.1) is 27.7 Å². The fraction of sp³-hybridized carbons (Fsp3) is 0.350. The first kappa shape index (κ1) is 21.9. The Kier molecular flexibility index (Phi) is 6.42. The Morgan fingerprint density at radius 1 is 1.13 bits per heavy atom. The van der Waals surface area contributed by atoms with Crippen LogP contribution in [0.3, 0.4) is 0 Å². The molecule has 3 aromatic rings. The third-order valence-corrected chi connectivity index (χ3v) is 8.44. The molecule has 8 nitrogen and oxygen atoms in total. The highest BCUT2D eigenvalue weighted by Gasteiger charge is 2.23. The number of nitrogens with one attached hydrogen (secondary N) is 3. The zero-order valence-electron chi connectivity index (χ0n) is 17.1. The van der Waals surface area contributed by atoms with Gasteiger partial charge in [0.1, 0.15) is 5.02 Å². The molecule has 3 N–H and O–H groups in total. The molecule has 164 valence electrons. The molecule has 0 aliphatic carbocycles. The summed E-state index contributed by atoms with van der Waals surface area (Å²) in [6.45, 7) is 5.16. The van der Waals surface area contributed by atoms with Crippen LogP contribution in [0.25, 0.3) is 0 Å². The second-order valence-electron chi connectivity index (χ2n) is 7.37. The first-order chi connectivity index (χ1) is 14.8. The molecule has 31 heavy (non-hydrogen) atoms. The summed E-state index contributed by atoms with van der Waals surface area (Å²) in [6.07, 6.45) is 3.31. The maximum absolute atomic E-state index is 12.7. The lowest BCUT2D eigenvalue weighted by Crippen LogP contribution is -2.16. The first-order valence-corrected chi connectivity index (χ1v) is 12.7. The van der Waals surface area contributed by atoms with E-state index in [1.165, 1.54) is 11.1 Å². The Bertz CT molecular complexity index is 1170. The number of rotatable bonds is 6. The van der Waals surface area contributed by atoms with Crippen molar-refractivity contribution in [3.05, 3.63) is 46.1 Å². The Balaban J connectivity index is 1.60. The largest absolute Gasteiger partial charge is 0.338 e. The van der Waals surface area contributed by atoms with Crippen LogP contribution in [0.1, 0.15) is 24.4 Å². The molecule has 0 saturated carbocycles. The van der Waals surface area contributed by atoms with Crippen LogP contribution in [-0.4, -0.2) is 41.7 Å². The molecule has 1 aliphatic heterocycles. The lowest BCUT2D eigenvalue weighted by Gasteiger charge is -2.15. The summed E-state index contributed by atoms with van der Waals surface area (Å²) in [4.78, 5) is 14.8. The van der Waals surface area contributed by atoms with E-state index in [0.29, 0.717) is 17.5 Å². The normalized spacial score (nSPS) is 14.2. The minimum atomic E-state index is -3.48. The summed E-state index contributed by atoms with van der Waals surface area (Å²) in [7, 11) is -3.48. The SMILES string of the molecule is CC(C)S(=O)(=O)c1ccccc1Nc1nc(Nc2nc3c(s2)CCNCC3)ncc1Cl. The van der Waals surface area contributed by atoms with Crippen molar-refractivity contribution in [2.75, 3.05) is 23.7 Å². The fourth-order valence-corrected chi connectivity index (χ4v) is 5.51. The number of hydrogen-bond donors (Lipinski definition) is 3. The number of para-hydroxylation sites is 1. The van der Waals surface area contributed by atoms with Crippen molar-refractivity contribution in [3.8, 4) is 0 Å². The zero-order chi connectivity index (χ0) is 22.0. The quantitative estimate of drug-likeness (QED) is 0.488. The molecule has 0 unspecified atom stereocenters. The smallest absolute Gasteiger partial charge is 0.231 e. The predicted octanol–water partition coefficient (Wildman–Crippen LogP) is 3.94. The number of anilines is 4. The van der Waals surface area contributed by atoms with Gasteiger partial charge in [-0.15, -0.1) is 11.3 Å². The summed E-state index contributed by atoms with van der Waals surface area (Å²) in [5.74, 6) is 0.644. The fourth-order valence-electron chi connectivity index (χ4n) is 3.17. The molecule has 3 heterocycles. The molecule has 0 atom stereocenters. The lowest BCUT2D eigenvalue weighted by atomic mass is 10.2. The molecule has 2 aromatic heterocycles. The summed E-state index contributed by atoms with van der Waals surface area (Å²) in [5.41, 5.74) is 1.51. The Hall–Kier alpha value is -2.27. The van der Waals surface area contributed by atoms with E-state index in [9.17, 15) is 8.42 Å². The van der Waals surface area contributed by atoms with E-state index in [0.717, 1.165) is 36.8 Å². The van der Waals surface area contributed by atoms with Gasteiger partial charge in [0.15, 0.2) is 20.8 Å². The van der Waals surface area contributed by atoms with Gasteiger partial charge in [0.25, 0.3) is 0 Å². The molecular formula is C20H23ClN6O2S2. The van der Waals surface area contributed by atoms with Crippen molar-refractivity contribution in [1.29, 1.82) is 0 Å². The molecule has 4 rings (SSSR count). The van der Waals surface area contributed by atoms with Crippen LogP contribution in [0.5, 0.6) is 0 Å². The number of aromatic nitrogens is 3. The predicted molar refractivity (Wildman–Crippen MR) is 125 cm³/mol. The van der Waals surface area contributed by atoms with E-state index >= 15 is 0 Å². The number of hydrogen-bond acceptors (Lipinski definition) is 9. The molecular weight excluding hydrogens is 456 g/mol. The molecule has 11 heteroatoms. The first-order valence-electron chi connectivity index (χ1n) is 9.93. The second-order valence-corrected chi connectivity index (χ2v) is 11.3. The molecule has 0 spiro atoms. The number of benzene rings is 1. The van der Waals surface area contributed by atoms with Gasteiger partial charge in [-0.05, 0) is 32.4 Å². The summed E-state index contributed by atoms with van der Waals surface area (Å²) < 4.78 is 25.5. The maximum atomic E-state index is 12.7. The van der Waals surface area contributed by atoms with Crippen LogP contribution < -0.4 is 16.0 Å². The summed E-state index contributed by atoms with van der Waals surface area (Å²) >= 11 is 7.89. The van der Waals surface area contributed by atoms with E-state index in [1.807, 2.05) is 0 Å². The highest BCUT2D eigenvalue weighted by Crippen LogP contribution is 2.31. The van der Waals surface area contributed by atoms with Gasteiger partial charge < -0.3 is 10.6 Å².